The lowest BCUT2D eigenvalue weighted by molar-refractivity contribution is -0.125. The number of carbonyl (C=O) groups excluding carboxylic acids is 1. The number of fused-ring (bicyclic) bond motifs is 1. The van der Waals surface area contributed by atoms with Crippen molar-refractivity contribution >= 4 is 27.0 Å². The second-order valence-corrected chi connectivity index (χ2v) is 15.8. The van der Waals surface area contributed by atoms with E-state index in [1.165, 1.54) is 22.5 Å². The number of sulfonamides is 1. The Kier molecular flexibility index (Phi) is 11.6. The first-order chi connectivity index (χ1) is 24.6. The van der Waals surface area contributed by atoms with Crippen molar-refractivity contribution in [1.82, 2.24) is 34.0 Å². The smallest absolute Gasteiger partial charge is 0.243 e. The van der Waals surface area contributed by atoms with Gasteiger partial charge in [0.1, 0.15) is 17.4 Å². The van der Waals surface area contributed by atoms with Crippen LogP contribution in [0, 0.1) is 12.8 Å². The number of aromatic nitrogens is 3. The molecule has 0 aliphatic carbocycles. The molecule has 0 saturated carbocycles. The molecule has 3 heterocycles. The fourth-order valence-corrected chi connectivity index (χ4v) is 8.37. The number of aryl methyl sites for hydroxylation is 1. The van der Waals surface area contributed by atoms with Gasteiger partial charge in [0.15, 0.2) is 0 Å². The Morgan fingerprint density at radius 1 is 0.882 bits per heavy atom. The predicted molar refractivity (Wildman–Crippen MR) is 202 cm³/mol. The lowest BCUT2D eigenvalue weighted by atomic mass is 9.96. The molecule has 0 unspecified atom stereocenters. The van der Waals surface area contributed by atoms with E-state index in [-0.39, 0.29) is 22.8 Å². The first-order valence-electron chi connectivity index (χ1n) is 17.8. The summed E-state index contributed by atoms with van der Waals surface area (Å²) in [5.74, 6) is 0.716. The van der Waals surface area contributed by atoms with Crippen molar-refractivity contribution in [3.05, 3.63) is 126 Å². The lowest BCUT2D eigenvalue weighted by Crippen LogP contribution is -2.52. The predicted octanol–water partition coefficient (Wildman–Crippen LogP) is 5.35. The van der Waals surface area contributed by atoms with Crippen LogP contribution in [-0.2, 0) is 21.4 Å². The molecule has 1 aliphatic rings. The zero-order valence-electron chi connectivity index (χ0n) is 30.0. The van der Waals surface area contributed by atoms with Crippen LogP contribution in [0.2, 0.25) is 0 Å². The summed E-state index contributed by atoms with van der Waals surface area (Å²) in [6.45, 7) is 11.3. The first kappa shape index (κ1) is 36.4. The molecule has 1 aliphatic heterocycles. The Balaban J connectivity index is 1.05. The standard InChI is InChI=1S/C40H49N7O3S/c1-30(2)27-38(44(4)51(49,50)35-17-15-32(16-18-35)29-47-31(3)43-36-28-41-20-19-37(36)47)40(48)42-21-22-45-23-25-46(26-24-45)39(33-11-7-5-8-12-33)34-13-9-6-10-14-34/h5-20,28,30,38-39H,21-27,29H2,1-4H3,(H,42,48)/t38-/m0/s1. The van der Waals surface area contributed by atoms with Gasteiger partial charge in [-0.2, -0.15) is 4.31 Å². The Morgan fingerprint density at radius 3 is 2.12 bits per heavy atom. The van der Waals surface area contributed by atoms with Crippen LogP contribution < -0.4 is 5.32 Å². The van der Waals surface area contributed by atoms with Gasteiger partial charge in [-0.1, -0.05) is 86.6 Å². The fourth-order valence-electron chi connectivity index (χ4n) is 7.04. The molecule has 10 nitrogen and oxygen atoms in total. The number of carbonyl (C=O) groups is 1. The summed E-state index contributed by atoms with van der Waals surface area (Å²) >= 11 is 0. The number of hydrogen-bond donors (Lipinski definition) is 1. The van der Waals surface area contributed by atoms with Crippen LogP contribution in [0.4, 0.5) is 0 Å². The summed E-state index contributed by atoms with van der Waals surface area (Å²) in [4.78, 5) is 27.4. The van der Waals surface area contributed by atoms with Gasteiger partial charge in [-0.15, -0.1) is 0 Å². The van der Waals surface area contributed by atoms with E-state index in [2.05, 4.69) is 90.3 Å². The van der Waals surface area contributed by atoms with Crippen LogP contribution in [0.15, 0.2) is 108 Å². The number of amides is 1. The third-order valence-corrected chi connectivity index (χ3v) is 11.7. The molecule has 51 heavy (non-hydrogen) atoms. The van der Waals surface area contributed by atoms with Crippen molar-refractivity contribution in [3.8, 4) is 0 Å². The van der Waals surface area contributed by atoms with Gasteiger partial charge in [0.2, 0.25) is 15.9 Å². The molecule has 6 rings (SSSR count). The Labute approximate surface area is 302 Å². The van der Waals surface area contributed by atoms with Crippen LogP contribution in [0.25, 0.3) is 11.0 Å². The molecule has 1 N–H and O–H groups in total. The highest BCUT2D eigenvalue weighted by Gasteiger charge is 2.33. The maximum atomic E-state index is 13.8. The number of benzene rings is 3. The Hall–Kier alpha value is -4.42. The van der Waals surface area contributed by atoms with Crippen molar-refractivity contribution in [2.75, 3.05) is 46.3 Å². The number of piperazine rings is 1. The molecule has 5 aromatic rings. The summed E-state index contributed by atoms with van der Waals surface area (Å²) in [5.41, 5.74) is 5.31. The van der Waals surface area contributed by atoms with Crippen LogP contribution in [0.1, 0.15) is 48.8 Å². The van der Waals surface area contributed by atoms with Gasteiger partial charge in [-0.3, -0.25) is 19.6 Å². The highest BCUT2D eigenvalue weighted by Crippen LogP contribution is 2.29. The van der Waals surface area contributed by atoms with Gasteiger partial charge < -0.3 is 9.88 Å². The fraction of sp³-hybridized carbons (Fsp3) is 0.375. The average Bonchev–Trinajstić information content (AvgIpc) is 3.46. The molecule has 0 spiro atoms. The summed E-state index contributed by atoms with van der Waals surface area (Å²) in [6, 6.07) is 29.5. The molecule has 0 bridgehead atoms. The minimum Gasteiger partial charge on any atom is -0.353 e. The first-order valence-corrected chi connectivity index (χ1v) is 19.2. The van der Waals surface area contributed by atoms with Gasteiger partial charge in [-0.05, 0) is 54.2 Å². The Bertz CT molecular complexity index is 1950. The highest BCUT2D eigenvalue weighted by atomic mass is 32.2. The molecule has 1 fully saturated rings. The number of hydrogen-bond acceptors (Lipinski definition) is 7. The van der Waals surface area contributed by atoms with Crippen LogP contribution >= 0.6 is 0 Å². The summed E-state index contributed by atoms with van der Waals surface area (Å²) < 4.78 is 31.0. The zero-order valence-corrected chi connectivity index (χ0v) is 30.8. The number of nitrogens with zero attached hydrogens (tertiary/aromatic N) is 6. The van der Waals surface area contributed by atoms with Gasteiger partial charge in [0.25, 0.3) is 0 Å². The molecule has 11 heteroatoms. The molecule has 2 aromatic heterocycles. The van der Waals surface area contributed by atoms with E-state index in [9.17, 15) is 13.2 Å². The SMILES string of the molecule is Cc1nc2cnccc2n1Cc1ccc(S(=O)(=O)N(C)[C@@H](CC(C)C)C(=O)NCCN2CCN(C(c3ccccc3)c3ccccc3)CC2)cc1. The average molecular weight is 708 g/mol. The molecular formula is C40H49N7O3S. The van der Waals surface area contributed by atoms with Gasteiger partial charge in [0.05, 0.1) is 22.7 Å². The molecule has 268 valence electrons. The molecule has 0 radical (unpaired) electrons. The second-order valence-electron chi connectivity index (χ2n) is 13.8. The summed E-state index contributed by atoms with van der Waals surface area (Å²) in [7, 11) is -2.41. The molecular weight excluding hydrogens is 659 g/mol. The van der Waals surface area contributed by atoms with E-state index < -0.39 is 16.1 Å². The minimum atomic E-state index is -3.93. The maximum absolute atomic E-state index is 13.8. The number of likely N-dealkylation sites (N-methyl/N-ethyl adjacent to an activating group) is 1. The van der Waals surface area contributed by atoms with Crippen LogP contribution in [0.3, 0.4) is 0 Å². The zero-order chi connectivity index (χ0) is 36.0. The highest BCUT2D eigenvalue weighted by molar-refractivity contribution is 7.89. The van der Waals surface area contributed by atoms with Gasteiger partial charge >= 0.3 is 0 Å². The van der Waals surface area contributed by atoms with E-state index in [1.54, 1.807) is 24.5 Å². The van der Waals surface area contributed by atoms with E-state index in [0.717, 1.165) is 48.6 Å². The molecule has 1 amide bonds. The molecule has 3 aromatic carbocycles. The van der Waals surface area contributed by atoms with Crippen molar-refractivity contribution < 1.29 is 13.2 Å². The van der Waals surface area contributed by atoms with Crippen molar-refractivity contribution in [2.24, 2.45) is 5.92 Å². The van der Waals surface area contributed by atoms with Crippen molar-refractivity contribution in [3.63, 3.8) is 0 Å². The van der Waals surface area contributed by atoms with Crippen LogP contribution in [0.5, 0.6) is 0 Å². The summed E-state index contributed by atoms with van der Waals surface area (Å²) in [5, 5.41) is 3.07. The van der Waals surface area contributed by atoms with Crippen molar-refractivity contribution in [1.29, 1.82) is 0 Å². The van der Waals surface area contributed by atoms with Gasteiger partial charge in [-0.25, -0.2) is 13.4 Å². The quantitative estimate of drug-likeness (QED) is 0.166. The van der Waals surface area contributed by atoms with Crippen LogP contribution in [-0.4, -0.2) is 95.3 Å². The van der Waals surface area contributed by atoms with E-state index in [1.807, 2.05) is 39.0 Å². The topological polar surface area (TPSA) is 104 Å². The lowest BCUT2D eigenvalue weighted by Gasteiger charge is -2.40. The normalized spacial score (nSPS) is 15.2. The Morgan fingerprint density at radius 2 is 1.51 bits per heavy atom. The number of nitrogens with one attached hydrogen (secondary N) is 1. The number of pyridine rings is 1. The summed E-state index contributed by atoms with van der Waals surface area (Å²) in [6.07, 6.45) is 3.90. The third-order valence-electron chi connectivity index (χ3n) is 9.85. The maximum Gasteiger partial charge on any atom is 0.243 e. The van der Waals surface area contributed by atoms with E-state index >= 15 is 0 Å². The van der Waals surface area contributed by atoms with E-state index in [4.69, 9.17) is 0 Å². The minimum absolute atomic E-state index is 0.125. The molecule has 1 atom stereocenters. The largest absolute Gasteiger partial charge is 0.353 e. The van der Waals surface area contributed by atoms with E-state index in [0.29, 0.717) is 26.1 Å². The second kappa shape index (κ2) is 16.3. The monoisotopic (exact) mass is 707 g/mol. The number of rotatable bonds is 14. The van der Waals surface area contributed by atoms with Crippen molar-refractivity contribution in [2.45, 2.75) is 50.7 Å². The molecule has 1 saturated heterocycles. The number of imidazole rings is 1. The van der Waals surface area contributed by atoms with Gasteiger partial charge in [0, 0.05) is 59.1 Å². The third kappa shape index (κ3) is 8.56.